The molecule has 0 saturated heterocycles. The molecular formula is C6H10N4O4S. The minimum absolute atomic E-state index is 0.0446. The van der Waals surface area contributed by atoms with Crippen LogP contribution in [0.15, 0.2) is 0 Å². The van der Waals surface area contributed by atoms with Crippen LogP contribution >= 0.6 is 0 Å². The first-order chi connectivity index (χ1) is 7.06. The summed E-state index contributed by atoms with van der Waals surface area (Å²) in [6.45, 7) is 0. The maximum atomic E-state index is 11.2. The molecule has 15 heavy (non-hydrogen) atoms. The Morgan fingerprint density at radius 2 is 2.27 bits per heavy atom. The van der Waals surface area contributed by atoms with Gasteiger partial charge in [0.1, 0.15) is 5.88 Å². The highest BCUT2D eigenvalue weighted by molar-refractivity contribution is 7.72. The standard InChI is InChI=1S/C6H10N4O4S/c1-10(3-15(12)13)5-4(6(11)14-2)7-9-8-5/h15H,3H2,1-2H3,(H,7,8,9). The van der Waals surface area contributed by atoms with Crippen molar-refractivity contribution in [3.63, 3.8) is 0 Å². The largest absolute Gasteiger partial charge is 0.464 e. The quantitative estimate of drug-likeness (QED) is 0.487. The van der Waals surface area contributed by atoms with Gasteiger partial charge in [0.15, 0.2) is 16.5 Å². The van der Waals surface area contributed by atoms with Crippen LogP contribution in [0.3, 0.4) is 0 Å². The van der Waals surface area contributed by atoms with Gasteiger partial charge in [-0.05, 0) is 0 Å². The molecule has 9 heteroatoms. The molecule has 0 spiro atoms. The van der Waals surface area contributed by atoms with Gasteiger partial charge >= 0.3 is 5.97 Å². The molecule has 0 bridgehead atoms. The van der Waals surface area contributed by atoms with Crippen molar-refractivity contribution in [3.8, 4) is 0 Å². The third kappa shape index (κ3) is 2.65. The van der Waals surface area contributed by atoms with Crippen LogP contribution in [0, 0.1) is 0 Å². The summed E-state index contributed by atoms with van der Waals surface area (Å²) in [5.74, 6) is -0.698. The molecule has 8 nitrogen and oxygen atoms in total. The zero-order valence-corrected chi connectivity index (χ0v) is 9.02. The second-order valence-electron chi connectivity index (χ2n) is 2.67. The molecule has 0 saturated carbocycles. The minimum atomic E-state index is -2.58. The lowest BCUT2D eigenvalue weighted by molar-refractivity contribution is 0.0594. The van der Waals surface area contributed by atoms with Crippen molar-refractivity contribution in [3.05, 3.63) is 5.69 Å². The average Bonchev–Trinajstić information content (AvgIpc) is 2.63. The van der Waals surface area contributed by atoms with Gasteiger partial charge in [-0.15, -0.1) is 5.10 Å². The number of ether oxygens (including phenoxy) is 1. The van der Waals surface area contributed by atoms with E-state index in [4.69, 9.17) is 0 Å². The summed E-state index contributed by atoms with van der Waals surface area (Å²) in [5.41, 5.74) is -0.0446. The van der Waals surface area contributed by atoms with Crippen LogP contribution in [0.1, 0.15) is 10.5 Å². The number of nitrogens with one attached hydrogen (secondary N) is 1. The van der Waals surface area contributed by atoms with E-state index in [0.29, 0.717) is 0 Å². The van der Waals surface area contributed by atoms with Crippen LogP contribution in [-0.4, -0.2) is 49.8 Å². The van der Waals surface area contributed by atoms with E-state index in [2.05, 4.69) is 20.1 Å². The highest BCUT2D eigenvalue weighted by Gasteiger charge is 2.19. The molecule has 1 N–H and O–H groups in total. The van der Waals surface area contributed by atoms with E-state index in [-0.39, 0.29) is 17.4 Å². The number of nitrogens with zero attached hydrogens (tertiary/aromatic N) is 3. The topological polar surface area (TPSA) is 105 Å². The van der Waals surface area contributed by atoms with Gasteiger partial charge in [-0.1, -0.05) is 5.21 Å². The number of aromatic amines is 1. The molecule has 1 aromatic heterocycles. The zero-order valence-electron chi connectivity index (χ0n) is 8.13. The van der Waals surface area contributed by atoms with E-state index in [0.717, 1.165) is 0 Å². The third-order valence-corrected chi connectivity index (χ3v) is 2.27. The molecule has 0 amide bonds. The van der Waals surface area contributed by atoms with Gasteiger partial charge < -0.3 is 9.64 Å². The van der Waals surface area contributed by atoms with Crippen LogP contribution in [0.4, 0.5) is 5.82 Å². The van der Waals surface area contributed by atoms with Crippen molar-refractivity contribution in [1.29, 1.82) is 0 Å². The van der Waals surface area contributed by atoms with E-state index >= 15 is 0 Å². The number of methoxy groups -OCH3 is 1. The number of esters is 1. The van der Waals surface area contributed by atoms with Gasteiger partial charge in [0.25, 0.3) is 0 Å². The van der Waals surface area contributed by atoms with Crippen molar-refractivity contribution in [1.82, 2.24) is 15.4 Å². The Labute approximate surface area is 87.2 Å². The maximum Gasteiger partial charge on any atom is 0.362 e. The van der Waals surface area contributed by atoms with Gasteiger partial charge in [0.05, 0.1) is 7.11 Å². The number of hydrogen-bond acceptors (Lipinski definition) is 7. The fraction of sp³-hybridized carbons (Fsp3) is 0.500. The van der Waals surface area contributed by atoms with Crippen LogP contribution in [0.2, 0.25) is 0 Å². The molecule has 0 aromatic carbocycles. The van der Waals surface area contributed by atoms with Crippen molar-refractivity contribution in [2.45, 2.75) is 0 Å². The Balaban J connectivity index is 2.94. The molecule has 0 fully saturated rings. The Kier molecular flexibility index (Phi) is 3.61. The molecule has 0 unspecified atom stereocenters. The molecule has 0 radical (unpaired) electrons. The summed E-state index contributed by atoms with van der Waals surface area (Å²) in [6, 6.07) is 0. The van der Waals surface area contributed by atoms with Crippen LogP contribution in [0.25, 0.3) is 0 Å². The summed E-state index contributed by atoms with van der Waals surface area (Å²) >= 11 is 0. The number of hydrogen-bond donors (Lipinski definition) is 2. The predicted octanol–water partition coefficient (Wildman–Crippen LogP) is -1.40. The molecule has 84 valence electrons. The average molecular weight is 234 g/mol. The Hall–Kier alpha value is -1.64. The van der Waals surface area contributed by atoms with Gasteiger partial charge in [-0.25, -0.2) is 18.3 Å². The van der Waals surface area contributed by atoms with Crippen LogP contribution < -0.4 is 4.90 Å². The molecule has 1 aromatic rings. The second-order valence-corrected chi connectivity index (χ2v) is 3.62. The Morgan fingerprint density at radius 1 is 1.60 bits per heavy atom. The Bertz CT molecular complexity index is 419. The fourth-order valence-corrected chi connectivity index (χ4v) is 1.45. The number of H-pyrrole nitrogens is 1. The second kappa shape index (κ2) is 4.73. The number of anilines is 1. The molecule has 1 rings (SSSR count). The first-order valence-corrected chi connectivity index (χ1v) is 5.24. The molecule has 1 heterocycles. The van der Waals surface area contributed by atoms with E-state index in [1.54, 1.807) is 0 Å². The van der Waals surface area contributed by atoms with E-state index in [1.807, 2.05) is 0 Å². The minimum Gasteiger partial charge on any atom is -0.464 e. The van der Waals surface area contributed by atoms with E-state index in [9.17, 15) is 13.2 Å². The van der Waals surface area contributed by atoms with E-state index in [1.165, 1.54) is 19.1 Å². The number of aromatic nitrogens is 3. The molecular weight excluding hydrogens is 224 g/mol. The van der Waals surface area contributed by atoms with Gasteiger partial charge in [0, 0.05) is 7.05 Å². The van der Waals surface area contributed by atoms with Crippen molar-refractivity contribution in [2.24, 2.45) is 0 Å². The van der Waals surface area contributed by atoms with Crippen LogP contribution in [0.5, 0.6) is 0 Å². The highest BCUT2D eigenvalue weighted by atomic mass is 32.2. The molecule has 0 aliphatic heterocycles. The molecule has 0 aliphatic rings. The first kappa shape index (κ1) is 11.4. The highest BCUT2D eigenvalue weighted by Crippen LogP contribution is 2.13. The lowest BCUT2D eigenvalue weighted by Gasteiger charge is -2.12. The molecule has 0 aliphatic carbocycles. The summed E-state index contributed by atoms with van der Waals surface area (Å²) < 4.78 is 25.4. The first-order valence-electron chi connectivity index (χ1n) is 3.88. The van der Waals surface area contributed by atoms with Crippen molar-refractivity contribution in [2.75, 3.05) is 24.9 Å². The van der Waals surface area contributed by atoms with Gasteiger partial charge in [-0.3, -0.25) is 0 Å². The maximum absolute atomic E-state index is 11.2. The van der Waals surface area contributed by atoms with Crippen molar-refractivity contribution >= 4 is 22.5 Å². The fourth-order valence-electron chi connectivity index (χ4n) is 0.967. The van der Waals surface area contributed by atoms with Crippen molar-refractivity contribution < 1.29 is 17.9 Å². The van der Waals surface area contributed by atoms with Gasteiger partial charge in [-0.2, -0.15) is 0 Å². The van der Waals surface area contributed by atoms with Gasteiger partial charge in [0.2, 0.25) is 5.69 Å². The van der Waals surface area contributed by atoms with E-state index < -0.39 is 16.7 Å². The normalized spacial score (nSPS) is 10.3. The number of carbonyl (C=O) groups is 1. The van der Waals surface area contributed by atoms with Crippen LogP contribution in [-0.2, 0) is 15.4 Å². The number of thiol groups is 1. The number of rotatable bonds is 4. The summed E-state index contributed by atoms with van der Waals surface area (Å²) in [5, 5.41) is 9.32. The SMILES string of the molecule is COC(=O)c1nn[nH]c1N(C)C[SH](=O)=O. The smallest absolute Gasteiger partial charge is 0.362 e. The number of carbonyl (C=O) groups excluding carboxylic acids is 1. The zero-order chi connectivity index (χ0) is 11.4. The summed E-state index contributed by atoms with van der Waals surface area (Å²) in [4.78, 5) is 12.5. The monoisotopic (exact) mass is 234 g/mol. The Morgan fingerprint density at radius 3 is 2.80 bits per heavy atom. The lowest BCUT2D eigenvalue weighted by Crippen LogP contribution is -2.22. The lowest BCUT2D eigenvalue weighted by atomic mass is 10.4. The summed E-state index contributed by atoms with van der Waals surface area (Å²) in [7, 11) is 0.114. The predicted molar refractivity (Wildman–Crippen MR) is 51.3 cm³/mol. The summed E-state index contributed by atoms with van der Waals surface area (Å²) in [6.07, 6.45) is 0. The molecule has 0 atom stereocenters. The third-order valence-electron chi connectivity index (χ3n) is 1.62.